The molecule has 2 atom stereocenters. The summed E-state index contributed by atoms with van der Waals surface area (Å²) >= 11 is 0. The van der Waals surface area contributed by atoms with Gasteiger partial charge in [0.2, 0.25) is 0 Å². The number of rotatable bonds is 4. The van der Waals surface area contributed by atoms with E-state index in [0.717, 1.165) is 6.54 Å². The summed E-state index contributed by atoms with van der Waals surface area (Å²) in [7, 11) is 0. The Morgan fingerprint density at radius 3 is 2.36 bits per heavy atom. The molecule has 1 aliphatic carbocycles. The van der Waals surface area contributed by atoms with E-state index in [1.807, 2.05) is 6.92 Å². The zero-order chi connectivity index (χ0) is 8.48. The van der Waals surface area contributed by atoms with Crippen molar-refractivity contribution in [3.8, 4) is 0 Å². The van der Waals surface area contributed by atoms with E-state index in [0.29, 0.717) is 11.5 Å². The Hall–Kier alpha value is -0.0800. The summed E-state index contributed by atoms with van der Waals surface area (Å²) in [5, 5.41) is 3.46. The lowest BCUT2D eigenvalue weighted by molar-refractivity contribution is 0.416. The summed E-state index contributed by atoms with van der Waals surface area (Å²) in [6, 6.07) is 0.713. The lowest BCUT2D eigenvalue weighted by Gasteiger charge is -2.19. The fourth-order valence-electron chi connectivity index (χ4n) is 0.983. The Morgan fingerprint density at radius 1 is 1.45 bits per heavy atom. The lowest BCUT2D eigenvalue weighted by Crippen LogP contribution is -2.42. The van der Waals surface area contributed by atoms with Crippen molar-refractivity contribution in [3.63, 3.8) is 0 Å². The summed E-state index contributed by atoms with van der Waals surface area (Å²) in [5.74, 6) is 0. The maximum Gasteiger partial charge on any atom is 0.0188 e. The van der Waals surface area contributed by atoms with Gasteiger partial charge in [-0.3, -0.25) is 0 Å². The van der Waals surface area contributed by atoms with Crippen LogP contribution < -0.4 is 11.1 Å². The van der Waals surface area contributed by atoms with Crippen LogP contribution in [0.15, 0.2) is 0 Å². The molecule has 0 aromatic rings. The second-order valence-corrected chi connectivity index (χ2v) is 4.34. The maximum atomic E-state index is 5.72. The molecule has 0 aliphatic heterocycles. The van der Waals surface area contributed by atoms with E-state index in [1.54, 1.807) is 0 Å². The molecule has 0 saturated heterocycles. The predicted octanol–water partition coefficient (Wildman–Crippen LogP) is 1.11. The molecule has 1 saturated carbocycles. The minimum atomic E-state index is 0.261. The van der Waals surface area contributed by atoms with Crippen molar-refractivity contribution < 1.29 is 0 Å². The highest BCUT2D eigenvalue weighted by atomic mass is 15.0. The fraction of sp³-hybridized carbons (Fsp3) is 1.00. The van der Waals surface area contributed by atoms with Gasteiger partial charge in [0.05, 0.1) is 0 Å². The van der Waals surface area contributed by atoms with E-state index in [9.17, 15) is 0 Å². The first-order chi connectivity index (χ1) is 5.03. The molecule has 1 aliphatic rings. The summed E-state index contributed by atoms with van der Waals surface area (Å²) in [6.45, 7) is 7.66. The van der Waals surface area contributed by atoms with Crippen molar-refractivity contribution >= 4 is 0 Å². The number of nitrogens with two attached hydrogens (primary N) is 1. The van der Waals surface area contributed by atoms with Crippen LogP contribution in [0.1, 0.15) is 33.6 Å². The molecule has 0 spiro atoms. The van der Waals surface area contributed by atoms with E-state index < -0.39 is 0 Å². The SMILES string of the molecule is CC(N)C(C)NCC1(C)CC1. The van der Waals surface area contributed by atoms with Gasteiger partial charge in [-0.1, -0.05) is 6.92 Å². The molecule has 1 fully saturated rings. The van der Waals surface area contributed by atoms with Crippen LogP contribution >= 0.6 is 0 Å². The van der Waals surface area contributed by atoms with Crippen molar-refractivity contribution in [2.24, 2.45) is 11.1 Å². The van der Waals surface area contributed by atoms with Crippen molar-refractivity contribution in [2.75, 3.05) is 6.54 Å². The highest BCUT2D eigenvalue weighted by Crippen LogP contribution is 2.44. The van der Waals surface area contributed by atoms with Gasteiger partial charge in [-0.25, -0.2) is 0 Å². The van der Waals surface area contributed by atoms with Crippen LogP contribution in [0.2, 0.25) is 0 Å². The Morgan fingerprint density at radius 2 is 2.00 bits per heavy atom. The molecule has 0 heterocycles. The molecule has 0 aromatic carbocycles. The van der Waals surface area contributed by atoms with E-state index in [-0.39, 0.29) is 6.04 Å². The topological polar surface area (TPSA) is 38.0 Å². The summed E-state index contributed by atoms with van der Waals surface area (Å²) < 4.78 is 0. The highest BCUT2D eigenvalue weighted by molar-refractivity contribution is 4.91. The molecular formula is C9H20N2. The normalized spacial score (nSPS) is 26.2. The van der Waals surface area contributed by atoms with Crippen LogP contribution in [0.3, 0.4) is 0 Å². The zero-order valence-corrected chi connectivity index (χ0v) is 7.85. The summed E-state index contributed by atoms with van der Waals surface area (Å²) in [5.41, 5.74) is 6.32. The van der Waals surface area contributed by atoms with Crippen molar-refractivity contribution in [1.29, 1.82) is 0 Å². The van der Waals surface area contributed by atoms with Gasteiger partial charge in [-0.05, 0) is 32.1 Å². The molecule has 2 nitrogen and oxygen atoms in total. The third-order valence-corrected chi connectivity index (χ3v) is 2.74. The monoisotopic (exact) mass is 156 g/mol. The smallest absolute Gasteiger partial charge is 0.0188 e. The molecule has 1 rings (SSSR count). The lowest BCUT2D eigenvalue weighted by atomic mass is 10.1. The minimum absolute atomic E-state index is 0.261. The minimum Gasteiger partial charge on any atom is -0.327 e. The van der Waals surface area contributed by atoms with Gasteiger partial charge in [0.1, 0.15) is 0 Å². The van der Waals surface area contributed by atoms with Gasteiger partial charge in [-0.2, -0.15) is 0 Å². The van der Waals surface area contributed by atoms with Crippen molar-refractivity contribution in [1.82, 2.24) is 5.32 Å². The molecule has 3 N–H and O–H groups in total. The number of hydrogen-bond donors (Lipinski definition) is 2. The first-order valence-corrected chi connectivity index (χ1v) is 4.52. The average Bonchev–Trinajstić information content (AvgIpc) is 2.64. The van der Waals surface area contributed by atoms with Crippen LogP contribution in [0.4, 0.5) is 0 Å². The quantitative estimate of drug-likeness (QED) is 0.640. The van der Waals surface area contributed by atoms with Crippen LogP contribution in [0.25, 0.3) is 0 Å². The molecular weight excluding hydrogens is 136 g/mol. The highest BCUT2D eigenvalue weighted by Gasteiger charge is 2.36. The van der Waals surface area contributed by atoms with E-state index >= 15 is 0 Å². The predicted molar refractivity (Wildman–Crippen MR) is 48.5 cm³/mol. The van der Waals surface area contributed by atoms with Crippen molar-refractivity contribution in [3.05, 3.63) is 0 Å². The van der Waals surface area contributed by atoms with Crippen LogP contribution in [-0.2, 0) is 0 Å². The van der Waals surface area contributed by atoms with E-state index in [4.69, 9.17) is 5.73 Å². The summed E-state index contributed by atoms with van der Waals surface area (Å²) in [4.78, 5) is 0. The van der Waals surface area contributed by atoms with Gasteiger partial charge in [-0.15, -0.1) is 0 Å². The molecule has 0 radical (unpaired) electrons. The fourth-order valence-corrected chi connectivity index (χ4v) is 0.983. The van der Waals surface area contributed by atoms with E-state index in [2.05, 4.69) is 19.2 Å². The van der Waals surface area contributed by atoms with Gasteiger partial charge in [0.25, 0.3) is 0 Å². The molecule has 66 valence electrons. The average molecular weight is 156 g/mol. The molecule has 2 heteroatoms. The zero-order valence-electron chi connectivity index (χ0n) is 7.85. The third-order valence-electron chi connectivity index (χ3n) is 2.74. The van der Waals surface area contributed by atoms with Crippen LogP contribution in [-0.4, -0.2) is 18.6 Å². The maximum absolute atomic E-state index is 5.72. The molecule has 0 bridgehead atoms. The Bertz CT molecular complexity index is 128. The van der Waals surface area contributed by atoms with E-state index in [1.165, 1.54) is 12.8 Å². The summed E-state index contributed by atoms with van der Waals surface area (Å²) in [6.07, 6.45) is 2.76. The Labute approximate surface area is 69.5 Å². The van der Waals surface area contributed by atoms with Crippen molar-refractivity contribution in [2.45, 2.75) is 45.7 Å². The van der Waals surface area contributed by atoms with Gasteiger partial charge >= 0.3 is 0 Å². The number of hydrogen-bond acceptors (Lipinski definition) is 2. The molecule has 11 heavy (non-hydrogen) atoms. The largest absolute Gasteiger partial charge is 0.327 e. The Kier molecular flexibility index (Phi) is 2.55. The van der Waals surface area contributed by atoms with Crippen LogP contribution in [0, 0.1) is 5.41 Å². The second kappa shape index (κ2) is 3.11. The second-order valence-electron chi connectivity index (χ2n) is 4.34. The van der Waals surface area contributed by atoms with Gasteiger partial charge in [0.15, 0.2) is 0 Å². The third kappa shape index (κ3) is 2.80. The molecule has 0 aromatic heterocycles. The van der Waals surface area contributed by atoms with Crippen LogP contribution in [0.5, 0.6) is 0 Å². The number of nitrogens with one attached hydrogen (secondary N) is 1. The van der Waals surface area contributed by atoms with Gasteiger partial charge < -0.3 is 11.1 Å². The first-order valence-electron chi connectivity index (χ1n) is 4.52. The molecule has 0 amide bonds. The Balaban J connectivity index is 2.11. The van der Waals surface area contributed by atoms with Gasteiger partial charge in [0, 0.05) is 18.6 Å². The first kappa shape index (κ1) is 9.01. The molecule has 2 unspecified atom stereocenters. The standard InChI is InChI=1S/C9H20N2/c1-7(10)8(2)11-6-9(3)4-5-9/h7-8,11H,4-6,10H2,1-3H3.